The van der Waals surface area contributed by atoms with Crippen LogP contribution >= 0.6 is 23.2 Å². The van der Waals surface area contributed by atoms with Crippen molar-refractivity contribution in [2.45, 2.75) is 25.4 Å². The molecule has 0 saturated carbocycles. The van der Waals surface area contributed by atoms with Crippen molar-refractivity contribution in [3.05, 3.63) is 53.2 Å². The lowest BCUT2D eigenvalue weighted by Crippen LogP contribution is -2.33. The Labute approximate surface area is 202 Å². The average molecular weight is 487 g/mol. The number of fused-ring (bicyclic) bond motifs is 1. The van der Waals surface area contributed by atoms with E-state index in [9.17, 15) is 4.79 Å². The Bertz CT molecular complexity index is 1210. The van der Waals surface area contributed by atoms with Crippen LogP contribution in [-0.2, 0) is 4.79 Å². The summed E-state index contributed by atoms with van der Waals surface area (Å²) in [6, 6.07) is 7.57. The third-order valence-corrected chi connectivity index (χ3v) is 6.56. The predicted molar refractivity (Wildman–Crippen MR) is 131 cm³/mol. The van der Waals surface area contributed by atoms with Crippen molar-refractivity contribution in [3.63, 3.8) is 0 Å². The smallest absolute Gasteiger partial charge is 0.246 e. The van der Waals surface area contributed by atoms with Crippen molar-refractivity contribution in [2.24, 2.45) is 0 Å². The standard InChI is InChI=1S/C24H24Cl2N4O3/c1-5-20(31)30-12-16(8-13(30)2)28-24-27-11-15-9-14(6-7-17(15)29-24)21-22(25)18(32-3)10-19(33-4)23(21)26/h5-7,9-11,13,16H,1,8,12H2,2-4H3,(H,27,28,29)/t13-,16+/m1/s1. The first-order valence-electron chi connectivity index (χ1n) is 10.4. The number of carbonyl (C=O) groups excluding carboxylic acids is 1. The monoisotopic (exact) mass is 486 g/mol. The van der Waals surface area contributed by atoms with Gasteiger partial charge < -0.3 is 19.7 Å². The van der Waals surface area contributed by atoms with Gasteiger partial charge >= 0.3 is 0 Å². The third-order valence-electron chi connectivity index (χ3n) is 5.81. The number of nitrogens with zero attached hydrogens (tertiary/aromatic N) is 3. The molecule has 4 rings (SSSR count). The molecule has 3 aromatic rings. The maximum absolute atomic E-state index is 12.0. The third kappa shape index (κ3) is 4.43. The number of hydrogen-bond donors (Lipinski definition) is 1. The van der Waals surface area contributed by atoms with E-state index in [2.05, 4.69) is 21.9 Å². The molecule has 1 saturated heterocycles. The molecule has 33 heavy (non-hydrogen) atoms. The highest BCUT2D eigenvalue weighted by Gasteiger charge is 2.31. The zero-order valence-corrected chi connectivity index (χ0v) is 20.1. The Hall–Kier alpha value is -3.03. The van der Waals surface area contributed by atoms with Gasteiger partial charge in [0.05, 0.1) is 29.8 Å². The second-order valence-electron chi connectivity index (χ2n) is 7.87. The quantitative estimate of drug-likeness (QED) is 0.482. The van der Waals surface area contributed by atoms with Crippen LogP contribution in [0.25, 0.3) is 22.0 Å². The number of carbonyl (C=O) groups is 1. The number of anilines is 1. The number of benzene rings is 2. The van der Waals surface area contributed by atoms with Gasteiger partial charge in [-0.25, -0.2) is 9.97 Å². The second kappa shape index (κ2) is 9.45. The molecule has 0 unspecified atom stereocenters. The summed E-state index contributed by atoms with van der Waals surface area (Å²) >= 11 is 13.1. The van der Waals surface area contributed by atoms with Crippen LogP contribution < -0.4 is 14.8 Å². The van der Waals surface area contributed by atoms with E-state index in [-0.39, 0.29) is 18.0 Å². The lowest BCUT2D eigenvalue weighted by atomic mass is 10.0. The average Bonchev–Trinajstić information content (AvgIpc) is 3.18. The van der Waals surface area contributed by atoms with Crippen LogP contribution in [0.3, 0.4) is 0 Å². The van der Waals surface area contributed by atoms with Gasteiger partial charge in [0, 0.05) is 41.8 Å². The van der Waals surface area contributed by atoms with Gasteiger partial charge in [0.25, 0.3) is 0 Å². The SMILES string of the molecule is C=CC(=O)N1C[C@@H](Nc2ncc3cc(-c4c(Cl)c(OC)cc(OC)c4Cl)ccc3n2)C[C@H]1C. The van der Waals surface area contributed by atoms with Crippen molar-refractivity contribution in [3.8, 4) is 22.6 Å². The minimum atomic E-state index is -0.0646. The second-order valence-corrected chi connectivity index (χ2v) is 8.63. The van der Waals surface area contributed by atoms with Crippen molar-refractivity contribution >= 4 is 46.0 Å². The highest BCUT2D eigenvalue weighted by atomic mass is 35.5. The zero-order valence-electron chi connectivity index (χ0n) is 18.6. The van der Waals surface area contributed by atoms with Crippen LogP contribution in [0, 0.1) is 0 Å². The molecule has 1 aliphatic rings. The molecule has 1 aromatic heterocycles. The summed E-state index contributed by atoms with van der Waals surface area (Å²) in [5.74, 6) is 1.39. The first-order valence-corrected chi connectivity index (χ1v) is 11.2. The minimum Gasteiger partial charge on any atom is -0.495 e. The van der Waals surface area contributed by atoms with Gasteiger partial charge in [-0.15, -0.1) is 0 Å². The number of nitrogens with one attached hydrogen (secondary N) is 1. The zero-order chi connectivity index (χ0) is 23.7. The van der Waals surface area contributed by atoms with E-state index in [0.29, 0.717) is 39.6 Å². The Morgan fingerprint density at radius 3 is 2.55 bits per heavy atom. The maximum Gasteiger partial charge on any atom is 0.246 e. The Kier molecular flexibility index (Phi) is 6.63. The summed E-state index contributed by atoms with van der Waals surface area (Å²) in [6.45, 7) is 6.18. The van der Waals surface area contributed by atoms with Crippen molar-refractivity contribution in [1.29, 1.82) is 0 Å². The van der Waals surface area contributed by atoms with E-state index in [1.165, 1.54) is 6.08 Å². The number of ether oxygens (including phenoxy) is 2. The highest BCUT2D eigenvalue weighted by Crippen LogP contribution is 2.46. The molecule has 7 nitrogen and oxygen atoms in total. The molecule has 0 spiro atoms. The molecule has 1 amide bonds. The summed E-state index contributed by atoms with van der Waals surface area (Å²) in [7, 11) is 3.08. The number of amides is 1. The van der Waals surface area contributed by atoms with Gasteiger partial charge in [0.1, 0.15) is 11.5 Å². The van der Waals surface area contributed by atoms with E-state index in [0.717, 1.165) is 22.9 Å². The van der Waals surface area contributed by atoms with Crippen LogP contribution in [0.2, 0.25) is 10.0 Å². The molecule has 0 bridgehead atoms. The van der Waals surface area contributed by atoms with E-state index in [1.807, 2.05) is 25.1 Å². The molecule has 1 fully saturated rings. The number of methoxy groups -OCH3 is 2. The normalized spacial score (nSPS) is 17.8. The predicted octanol–water partition coefficient (Wildman–Crippen LogP) is 5.21. The van der Waals surface area contributed by atoms with Gasteiger partial charge in [-0.3, -0.25) is 4.79 Å². The fourth-order valence-electron chi connectivity index (χ4n) is 4.14. The van der Waals surface area contributed by atoms with Crippen LogP contribution in [0.4, 0.5) is 5.95 Å². The largest absolute Gasteiger partial charge is 0.495 e. The molecule has 0 radical (unpaired) electrons. The van der Waals surface area contributed by atoms with Crippen molar-refractivity contribution in [1.82, 2.24) is 14.9 Å². The van der Waals surface area contributed by atoms with E-state index < -0.39 is 0 Å². The van der Waals surface area contributed by atoms with E-state index in [4.69, 9.17) is 32.7 Å². The Morgan fingerprint density at radius 1 is 1.21 bits per heavy atom. The molecule has 1 N–H and O–H groups in total. The Morgan fingerprint density at radius 2 is 1.91 bits per heavy atom. The molecule has 1 aliphatic heterocycles. The summed E-state index contributed by atoms with van der Waals surface area (Å²) in [5, 5.41) is 4.97. The minimum absolute atomic E-state index is 0.0646. The van der Waals surface area contributed by atoms with Crippen molar-refractivity contribution in [2.75, 3.05) is 26.1 Å². The number of halogens is 2. The van der Waals surface area contributed by atoms with E-state index >= 15 is 0 Å². The fourth-order valence-corrected chi connectivity index (χ4v) is 4.86. The molecule has 9 heteroatoms. The number of hydrogen-bond acceptors (Lipinski definition) is 6. The molecule has 2 aromatic carbocycles. The maximum atomic E-state index is 12.0. The van der Waals surface area contributed by atoms with Crippen LogP contribution in [0.5, 0.6) is 11.5 Å². The van der Waals surface area contributed by atoms with Gasteiger partial charge in [0.15, 0.2) is 0 Å². The summed E-state index contributed by atoms with van der Waals surface area (Å²) in [6.07, 6.45) is 3.91. The number of likely N-dealkylation sites (tertiary alicyclic amines) is 1. The molecule has 172 valence electrons. The molecule has 2 atom stereocenters. The lowest BCUT2D eigenvalue weighted by molar-refractivity contribution is -0.126. The first kappa shape index (κ1) is 23.1. The summed E-state index contributed by atoms with van der Waals surface area (Å²) < 4.78 is 10.7. The van der Waals surface area contributed by atoms with Gasteiger partial charge in [-0.1, -0.05) is 35.8 Å². The van der Waals surface area contributed by atoms with Gasteiger partial charge in [0.2, 0.25) is 11.9 Å². The van der Waals surface area contributed by atoms with Crippen LogP contribution in [-0.4, -0.2) is 53.6 Å². The Balaban J connectivity index is 1.62. The fraction of sp³-hybridized carbons (Fsp3) is 0.292. The summed E-state index contributed by atoms with van der Waals surface area (Å²) in [4.78, 5) is 22.9. The molecular weight excluding hydrogens is 463 g/mol. The highest BCUT2D eigenvalue weighted by molar-refractivity contribution is 6.41. The number of rotatable bonds is 6. The molecule has 2 heterocycles. The topological polar surface area (TPSA) is 76.6 Å². The molecule has 0 aliphatic carbocycles. The van der Waals surface area contributed by atoms with Crippen LogP contribution in [0.1, 0.15) is 13.3 Å². The van der Waals surface area contributed by atoms with E-state index in [1.54, 1.807) is 31.4 Å². The van der Waals surface area contributed by atoms with Crippen LogP contribution in [0.15, 0.2) is 43.1 Å². The first-order chi connectivity index (χ1) is 15.9. The summed E-state index contributed by atoms with van der Waals surface area (Å²) in [5.41, 5.74) is 2.18. The van der Waals surface area contributed by atoms with Crippen molar-refractivity contribution < 1.29 is 14.3 Å². The molecular formula is C24H24Cl2N4O3. The van der Waals surface area contributed by atoms with Gasteiger partial charge in [-0.05, 0) is 37.1 Å². The number of aromatic nitrogens is 2. The lowest BCUT2D eigenvalue weighted by Gasteiger charge is -2.19. The van der Waals surface area contributed by atoms with Gasteiger partial charge in [-0.2, -0.15) is 0 Å².